The first kappa shape index (κ1) is 70.2. The Morgan fingerprint density at radius 3 is 2.00 bits per heavy atom. The Kier molecular flexibility index (Phi) is 27.6. The summed E-state index contributed by atoms with van der Waals surface area (Å²) in [5.41, 5.74) is 4.01. The first-order valence-corrected chi connectivity index (χ1v) is 32.0. The molecule has 0 aliphatic carbocycles. The summed E-state index contributed by atoms with van der Waals surface area (Å²) in [5.74, 6) is -0.933. The van der Waals surface area contributed by atoms with Crippen molar-refractivity contribution in [2.24, 2.45) is 16.8 Å². The third kappa shape index (κ3) is 19.4. The monoisotopic (exact) mass is 1360 g/mol. The molecule has 0 aromatic heterocycles. The molecule has 0 radical (unpaired) electrons. The van der Waals surface area contributed by atoms with Crippen LogP contribution < -0.4 is 29.2 Å². The second-order valence-electron chi connectivity index (χ2n) is 22.4. The maximum atomic E-state index is 14.4. The minimum Gasteiger partial charge on any atom is -0.493 e. The number of Topliss-reactive ketones (excluding diaryl/α,β-unsaturated/α-hetero) is 3. The molecule has 4 heterocycles. The Bertz CT molecular complexity index is 3140. The zero-order valence-corrected chi connectivity index (χ0v) is 54.4. The average molecular weight is 1360 g/mol. The highest BCUT2D eigenvalue weighted by molar-refractivity contribution is 14.1. The van der Waals surface area contributed by atoms with Crippen LogP contribution in [0.5, 0.6) is 23.0 Å². The summed E-state index contributed by atoms with van der Waals surface area (Å²) >= 11 is 2.06. The van der Waals surface area contributed by atoms with Gasteiger partial charge in [-0.2, -0.15) is 0 Å². The largest absolute Gasteiger partial charge is 0.493 e. The molecule has 0 bridgehead atoms. The van der Waals surface area contributed by atoms with Gasteiger partial charge < -0.3 is 62.9 Å². The number of nitrogens with one attached hydrogen (secondary N) is 1. The van der Waals surface area contributed by atoms with Gasteiger partial charge in [0.25, 0.3) is 11.8 Å². The van der Waals surface area contributed by atoms with Gasteiger partial charge in [0.1, 0.15) is 18.2 Å². The summed E-state index contributed by atoms with van der Waals surface area (Å²) in [6, 6.07) is 11.2. The van der Waals surface area contributed by atoms with Crippen molar-refractivity contribution in [3.05, 3.63) is 119 Å². The van der Waals surface area contributed by atoms with E-state index in [-0.39, 0.29) is 110 Å². The lowest BCUT2D eigenvalue weighted by Gasteiger charge is -2.31. The summed E-state index contributed by atoms with van der Waals surface area (Å²) in [6.45, 7) is 14.0. The van der Waals surface area contributed by atoms with Gasteiger partial charge in [0.15, 0.2) is 35.0 Å². The number of aliphatic hydroxyl groups is 1. The average Bonchev–Trinajstić information content (AvgIpc) is 1.62. The predicted molar refractivity (Wildman–Crippen MR) is 345 cm³/mol. The SMILES string of the molecule is C=CCC1=CN2C(=O)c3cc(OC)c(OCCCOc4cc5c(cc4OC)C(=O)N4C=C(/C=C/C)C[C@H]4[C@H](O)N5C(=O)OCc4ccc(CC(=O)[C@H](C)NC(=O)[C@@H](CC(=O)CCOCCOCCOCCOCCCC(=O)CI)C(C)C)cc4)cc3N=C[C@@H]2C1. The number of nitrogens with zero attached hydrogens (tertiary/aromatic N) is 4. The number of halogens is 1. The van der Waals surface area contributed by atoms with Crippen LogP contribution >= 0.6 is 22.6 Å². The molecule has 4 amide bonds. The fourth-order valence-electron chi connectivity index (χ4n) is 10.6. The minimum absolute atomic E-state index is 0.00130. The van der Waals surface area contributed by atoms with E-state index in [1.807, 2.05) is 45.2 Å². The van der Waals surface area contributed by atoms with Crippen molar-refractivity contribution < 1.29 is 81.3 Å². The summed E-state index contributed by atoms with van der Waals surface area (Å²) in [5, 5.41) is 14.9. The number of benzene rings is 3. The molecule has 0 unspecified atom stereocenters. The molecule has 3 aromatic rings. The van der Waals surface area contributed by atoms with Crippen LogP contribution in [0.2, 0.25) is 0 Å². The van der Waals surface area contributed by atoms with E-state index in [0.29, 0.717) is 117 Å². The number of methoxy groups -OCH3 is 2. The van der Waals surface area contributed by atoms with Crippen molar-refractivity contribution in [3.8, 4) is 23.0 Å². The zero-order valence-electron chi connectivity index (χ0n) is 52.2. The Labute approximate surface area is 540 Å². The lowest BCUT2D eigenvalue weighted by atomic mass is 9.88. The molecule has 4 aliphatic heterocycles. The highest BCUT2D eigenvalue weighted by Gasteiger charge is 2.45. The Morgan fingerprint density at radius 2 is 1.37 bits per heavy atom. The molecule has 23 heteroatoms. The molecule has 0 saturated heterocycles. The predicted octanol–water partition coefficient (Wildman–Crippen LogP) is 9.18. The van der Waals surface area contributed by atoms with Gasteiger partial charge in [-0.05, 0) is 79.9 Å². The molecular formula is C67H84IN5O17. The molecule has 7 rings (SSSR count). The molecule has 4 aliphatic rings. The number of fused-ring (bicyclic) bond motifs is 4. The summed E-state index contributed by atoms with van der Waals surface area (Å²) in [7, 11) is 2.92. The number of aliphatic hydroxyl groups excluding tert-OH is 1. The minimum atomic E-state index is -1.56. The van der Waals surface area contributed by atoms with Crippen LogP contribution in [0.15, 0.2) is 102 Å². The van der Waals surface area contributed by atoms with Crippen molar-refractivity contribution in [1.29, 1.82) is 0 Å². The number of allylic oxidation sites excluding steroid dienone is 3. The van der Waals surface area contributed by atoms with Gasteiger partial charge in [0, 0.05) is 75.4 Å². The molecular weight excluding hydrogens is 1270 g/mol. The van der Waals surface area contributed by atoms with E-state index in [0.717, 1.165) is 16.0 Å². The fraction of sp³-hybridized carbons (Fsp3) is 0.493. The molecule has 0 spiro atoms. The van der Waals surface area contributed by atoms with Crippen LogP contribution in [0.4, 0.5) is 16.2 Å². The van der Waals surface area contributed by atoms with Crippen molar-refractivity contribution >= 4 is 81.3 Å². The number of hydrogen-bond donors (Lipinski definition) is 2. The van der Waals surface area contributed by atoms with Crippen LogP contribution in [0.1, 0.15) is 111 Å². The van der Waals surface area contributed by atoms with Crippen LogP contribution in [0, 0.1) is 11.8 Å². The zero-order chi connectivity index (χ0) is 64.7. The highest BCUT2D eigenvalue weighted by atomic mass is 127. The molecule has 0 saturated carbocycles. The molecule has 22 nitrogen and oxygen atoms in total. The van der Waals surface area contributed by atoms with Crippen LogP contribution in [0.25, 0.3) is 0 Å². The number of anilines is 1. The van der Waals surface area contributed by atoms with Crippen molar-refractivity contribution in [3.63, 3.8) is 0 Å². The fourth-order valence-corrected chi connectivity index (χ4v) is 11.0. The number of hydrogen-bond acceptors (Lipinski definition) is 18. The number of carbonyl (C=O) groups excluding carboxylic acids is 7. The molecule has 3 aromatic carbocycles. The maximum absolute atomic E-state index is 14.4. The van der Waals surface area contributed by atoms with E-state index in [9.17, 15) is 38.7 Å². The van der Waals surface area contributed by atoms with E-state index in [2.05, 4.69) is 39.5 Å². The van der Waals surface area contributed by atoms with E-state index in [1.165, 1.54) is 31.3 Å². The van der Waals surface area contributed by atoms with E-state index in [1.54, 1.807) is 60.6 Å². The summed E-state index contributed by atoms with van der Waals surface area (Å²) in [6.07, 6.45) is 11.5. The van der Waals surface area contributed by atoms with E-state index >= 15 is 0 Å². The molecule has 0 fully saturated rings. The van der Waals surface area contributed by atoms with E-state index in [4.69, 9.17) is 42.6 Å². The summed E-state index contributed by atoms with van der Waals surface area (Å²) < 4.78 is 52.2. The first-order chi connectivity index (χ1) is 43.5. The number of ketones is 3. The van der Waals surface area contributed by atoms with Crippen molar-refractivity contribution in [2.45, 2.75) is 116 Å². The van der Waals surface area contributed by atoms with Gasteiger partial charge in [-0.3, -0.25) is 33.8 Å². The van der Waals surface area contributed by atoms with Gasteiger partial charge >= 0.3 is 6.09 Å². The number of carbonyl (C=O) groups is 7. The normalized spacial score (nSPS) is 17.3. The molecule has 5 atom stereocenters. The third-order valence-electron chi connectivity index (χ3n) is 15.5. The van der Waals surface area contributed by atoms with Gasteiger partial charge in [-0.15, -0.1) is 6.58 Å². The molecule has 90 heavy (non-hydrogen) atoms. The lowest BCUT2D eigenvalue weighted by molar-refractivity contribution is -0.133. The van der Waals surface area contributed by atoms with Gasteiger partial charge in [0.2, 0.25) is 5.91 Å². The number of aliphatic imine (C=N–C) groups is 1. The summed E-state index contributed by atoms with van der Waals surface area (Å²) in [4.78, 5) is 102. The molecule has 486 valence electrons. The van der Waals surface area contributed by atoms with Gasteiger partial charge in [-0.25, -0.2) is 9.69 Å². The topological polar surface area (TPSA) is 257 Å². The Morgan fingerprint density at radius 1 is 0.744 bits per heavy atom. The van der Waals surface area contributed by atoms with Crippen molar-refractivity contribution in [2.75, 3.05) is 89.6 Å². The third-order valence-corrected chi connectivity index (χ3v) is 16.4. The van der Waals surface area contributed by atoms with Crippen LogP contribution in [0.3, 0.4) is 0 Å². The quantitative estimate of drug-likeness (QED) is 0.0234. The Hall–Kier alpha value is -7.29. The second-order valence-corrected chi connectivity index (χ2v) is 23.2. The number of alkyl halides is 1. The maximum Gasteiger partial charge on any atom is 0.416 e. The highest BCUT2D eigenvalue weighted by Crippen LogP contribution is 2.43. The van der Waals surface area contributed by atoms with Crippen LogP contribution in [-0.2, 0) is 55.9 Å². The van der Waals surface area contributed by atoms with Gasteiger partial charge in [-0.1, -0.05) is 78.9 Å². The van der Waals surface area contributed by atoms with Gasteiger partial charge in [0.05, 0.1) is 119 Å². The number of amides is 4. The number of ether oxygens (including phenoxy) is 9. The van der Waals surface area contributed by atoms with Crippen molar-refractivity contribution in [1.82, 2.24) is 15.1 Å². The van der Waals surface area contributed by atoms with Crippen LogP contribution in [-0.4, -0.2) is 171 Å². The second kappa shape index (κ2) is 35.3. The molecule has 2 N–H and O–H groups in total. The lowest BCUT2D eigenvalue weighted by Crippen LogP contribution is -2.50. The first-order valence-electron chi connectivity index (χ1n) is 30.5. The standard InChI is InChI=1S/C67H84IN5O17/c1-8-12-47-30-49-39-69-55-36-61(59(82-6)34-53(55)64(78)71(49)40-47)88-21-11-22-89-62-37-56-54(35-60(62)83-7)65(79)72-41-48(13-9-2)31-57(72)66(80)73(56)67(81)90-42-46-17-15-45(16-18-46)32-58(76)44(5)70-63(77)52(43(3)4)33-50(74)19-23-85-25-27-87-29-28-86-26-24-84-20-10-14-51(75)38-68/h8-9,13,15-18,34-37,39-41,43-44,49,52,57,66,80H,1,10-12,14,19-33,38,42H2,2-7H3,(H,70,77)/b13-9+/t44-,49-,52-,57-,66-/m0/s1. The Balaban J connectivity index is 0.888. The number of rotatable bonds is 38. The van der Waals surface area contributed by atoms with E-state index < -0.39 is 42.1 Å². The smallest absolute Gasteiger partial charge is 0.416 e.